The van der Waals surface area contributed by atoms with Gasteiger partial charge in [-0.15, -0.1) is 0 Å². The third-order valence-corrected chi connectivity index (χ3v) is 5.71. The number of amides is 1. The van der Waals surface area contributed by atoms with Gasteiger partial charge in [-0.05, 0) is 36.6 Å². The van der Waals surface area contributed by atoms with E-state index in [0.29, 0.717) is 17.7 Å². The van der Waals surface area contributed by atoms with E-state index in [0.717, 1.165) is 17.4 Å². The summed E-state index contributed by atoms with van der Waals surface area (Å²) >= 11 is 0. The molecule has 1 aliphatic heterocycles. The molecule has 136 valence electrons. The maximum Gasteiger partial charge on any atom is 0.243 e. The predicted octanol–water partition coefficient (Wildman–Crippen LogP) is 2.21. The molecular weight excluding hydrogens is 352 g/mol. The molecule has 0 aliphatic carbocycles. The molecule has 0 fully saturated rings. The van der Waals surface area contributed by atoms with Crippen molar-refractivity contribution in [1.29, 1.82) is 0 Å². The molecule has 0 saturated carbocycles. The van der Waals surface area contributed by atoms with Crippen molar-refractivity contribution in [3.8, 4) is 0 Å². The number of rotatable bonds is 4. The molecule has 1 N–H and O–H groups in total. The molecule has 26 heavy (non-hydrogen) atoms. The van der Waals surface area contributed by atoms with Crippen LogP contribution in [0.15, 0.2) is 48.5 Å². The van der Waals surface area contributed by atoms with Crippen LogP contribution in [0, 0.1) is 0 Å². The molecule has 0 spiro atoms. The van der Waals surface area contributed by atoms with Gasteiger partial charge in [0.15, 0.2) is 5.78 Å². The van der Waals surface area contributed by atoms with Crippen LogP contribution in [0.5, 0.6) is 0 Å². The number of sulfonamides is 1. The van der Waals surface area contributed by atoms with Crippen LogP contribution in [0.1, 0.15) is 28.4 Å². The summed E-state index contributed by atoms with van der Waals surface area (Å²) in [7, 11) is -3.56. The summed E-state index contributed by atoms with van der Waals surface area (Å²) in [5.41, 5.74) is 2.82. The van der Waals surface area contributed by atoms with Gasteiger partial charge in [-0.2, -0.15) is 4.31 Å². The van der Waals surface area contributed by atoms with E-state index < -0.39 is 22.0 Å². The normalized spacial score (nSPS) is 17.4. The smallest absolute Gasteiger partial charge is 0.243 e. The topological polar surface area (TPSA) is 83.6 Å². The van der Waals surface area contributed by atoms with Crippen LogP contribution in [-0.4, -0.2) is 36.7 Å². The molecule has 1 heterocycles. The second kappa shape index (κ2) is 7.01. The van der Waals surface area contributed by atoms with Gasteiger partial charge >= 0.3 is 0 Å². The minimum absolute atomic E-state index is 0.106. The molecule has 0 aromatic heterocycles. The van der Waals surface area contributed by atoms with E-state index >= 15 is 0 Å². The third kappa shape index (κ3) is 3.84. The highest BCUT2D eigenvalue weighted by Gasteiger charge is 2.36. The van der Waals surface area contributed by atoms with Crippen molar-refractivity contribution in [2.24, 2.45) is 0 Å². The zero-order valence-corrected chi connectivity index (χ0v) is 15.4. The quantitative estimate of drug-likeness (QED) is 0.834. The Kier molecular flexibility index (Phi) is 4.93. The summed E-state index contributed by atoms with van der Waals surface area (Å²) in [6.07, 6.45) is 1.42. The molecule has 1 amide bonds. The Bertz CT molecular complexity index is 969. The van der Waals surface area contributed by atoms with E-state index in [1.165, 1.54) is 11.2 Å². The number of fused-ring (bicyclic) bond motifs is 1. The summed E-state index contributed by atoms with van der Waals surface area (Å²) in [5, 5.41) is 2.74. The third-order valence-electron chi connectivity index (χ3n) is 4.47. The van der Waals surface area contributed by atoms with Crippen LogP contribution >= 0.6 is 0 Å². The van der Waals surface area contributed by atoms with Crippen molar-refractivity contribution < 1.29 is 18.0 Å². The Hall–Kier alpha value is -2.51. The lowest BCUT2D eigenvalue weighted by molar-refractivity contribution is -0.120. The molecule has 0 radical (unpaired) electrons. The lowest BCUT2D eigenvalue weighted by Crippen LogP contribution is -2.50. The number of hydrogen-bond acceptors (Lipinski definition) is 4. The average molecular weight is 372 g/mol. The standard InChI is InChI=1S/C19H20N2O4S/c1-13(22)14-8-5-9-17(10-14)20-19(23)18-11-15-6-3-4-7-16(15)12-21(18)26(2,24)25/h3-10,18H,11-12H2,1-2H3,(H,20,23). The number of nitrogens with one attached hydrogen (secondary N) is 1. The molecular formula is C19H20N2O4S. The monoisotopic (exact) mass is 372 g/mol. The first-order valence-electron chi connectivity index (χ1n) is 8.21. The van der Waals surface area contributed by atoms with Gasteiger partial charge in [0, 0.05) is 17.8 Å². The maximum atomic E-state index is 12.8. The molecule has 6 nitrogen and oxygen atoms in total. The molecule has 7 heteroatoms. The average Bonchev–Trinajstić information content (AvgIpc) is 2.60. The van der Waals surface area contributed by atoms with Gasteiger partial charge in [-0.1, -0.05) is 36.4 Å². The van der Waals surface area contributed by atoms with Crippen molar-refractivity contribution >= 4 is 27.4 Å². The summed E-state index contributed by atoms with van der Waals surface area (Å²) in [6.45, 7) is 1.62. The number of carbonyl (C=O) groups is 2. The molecule has 2 aromatic carbocycles. The number of anilines is 1. The van der Waals surface area contributed by atoms with Crippen LogP contribution in [0.2, 0.25) is 0 Å². The van der Waals surface area contributed by atoms with E-state index in [1.54, 1.807) is 24.3 Å². The van der Waals surface area contributed by atoms with E-state index in [2.05, 4.69) is 5.32 Å². The molecule has 2 aromatic rings. The molecule has 1 unspecified atom stereocenters. The van der Waals surface area contributed by atoms with Crippen LogP contribution in [0.4, 0.5) is 5.69 Å². The van der Waals surface area contributed by atoms with Crippen molar-refractivity contribution in [1.82, 2.24) is 4.31 Å². The number of ketones is 1. The number of carbonyl (C=O) groups excluding carboxylic acids is 2. The number of hydrogen-bond donors (Lipinski definition) is 1. The molecule has 1 atom stereocenters. The van der Waals surface area contributed by atoms with Crippen LogP contribution in [-0.2, 0) is 27.8 Å². The van der Waals surface area contributed by atoms with Crippen LogP contribution in [0.25, 0.3) is 0 Å². The second-order valence-corrected chi connectivity index (χ2v) is 8.36. The summed E-state index contributed by atoms with van der Waals surface area (Å²) in [6, 6.07) is 13.3. The van der Waals surface area contributed by atoms with Crippen molar-refractivity contribution in [3.63, 3.8) is 0 Å². The zero-order valence-electron chi connectivity index (χ0n) is 14.6. The summed E-state index contributed by atoms with van der Waals surface area (Å²) in [4.78, 5) is 24.3. The van der Waals surface area contributed by atoms with Gasteiger partial charge in [-0.25, -0.2) is 8.42 Å². The largest absolute Gasteiger partial charge is 0.325 e. The Labute approximate surface area is 152 Å². The fraction of sp³-hybridized carbons (Fsp3) is 0.263. The molecule has 0 bridgehead atoms. The lowest BCUT2D eigenvalue weighted by Gasteiger charge is -2.34. The summed E-state index contributed by atoms with van der Waals surface area (Å²) in [5.74, 6) is -0.518. The second-order valence-electron chi connectivity index (χ2n) is 6.42. The Morgan fingerprint density at radius 1 is 1.08 bits per heavy atom. The minimum Gasteiger partial charge on any atom is -0.325 e. The Morgan fingerprint density at radius 2 is 1.77 bits per heavy atom. The Morgan fingerprint density at radius 3 is 2.42 bits per heavy atom. The van der Waals surface area contributed by atoms with Gasteiger partial charge in [0.25, 0.3) is 0 Å². The Balaban J connectivity index is 1.89. The van der Waals surface area contributed by atoms with Gasteiger partial charge in [0.2, 0.25) is 15.9 Å². The fourth-order valence-corrected chi connectivity index (χ4v) is 4.12. The van der Waals surface area contributed by atoms with Gasteiger partial charge in [0.05, 0.1) is 6.26 Å². The van der Waals surface area contributed by atoms with E-state index in [-0.39, 0.29) is 12.3 Å². The zero-order chi connectivity index (χ0) is 18.9. The van der Waals surface area contributed by atoms with Crippen molar-refractivity contribution in [2.45, 2.75) is 25.9 Å². The van der Waals surface area contributed by atoms with Gasteiger partial charge in [0.1, 0.15) is 6.04 Å². The van der Waals surface area contributed by atoms with E-state index in [1.807, 2.05) is 24.3 Å². The highest BCUT2D eigenvalue weighted by atomic mass is 32.2. The highest BCUT2D eigenvalue weighted by molar-refractivity contribution is 7.88. The fourth-order valence-electron chi connectivity index (χ4n) is 3.11. The molecule has 1 aliphatic rings. The van der Waals surface area contributed by atoms with E-state index in [4.69, 9.17) is 0 Å². The van der Waals surface area contributed by atoms with Crippen molar-refractivity contribution in [2.75, 3.05) is 11.6 Å². The first-order valence-corrected chi connectivity index (χ1v) is 10.1. The van der Waals surface area contributed by atoms with Crippen molar-refractivity contribution in [3.05, 3.63) is 65.2 Å². The van der Waals surface area contributed by atoms with Crippen LogP contribution in [0.3, 0.4) is 0 Å². The van der Waals surface area contributed by atoms with Gasteiger partial charge in [-0.3, -0.25) is 9.59 Å². The molecule has 3 rings (SSSR count). The molecule has 0 saturated heterocycles. The lowest BCUT2D eigenvalue weighted by atomic mass is 9.95. The first kappa shape index (κ1) is 18.3. The number of benzene rings is 2. The number of nitrogens with zero attached hydrogens (tertiary/aromatic N) is 1. The predicted molar refractivity (Wildman–Crippen MR) is 99.4 cm³/mol. The maximum absolute atomic E-state index is 12.8. The SMILES string of the molecule is CC(=O)c1cccc(NC(=O)C2Cc3ccccc3CN2S(C)(=O)=O)c1. The minimum atomic E-state index is -3.56. The van der Waals surface area contributed by atoms with E-state index in [9.17, 15) is 18.0 Å². The first-order chi connectivity index (χ1) is 12.3. The van der Waals surface area contributed by atoms with Crippen LogP contribution < -0.4 is 5.32 Å². The number of Topliss-reactive ketones (excluding diaryl/α,β-unsaturated/α-hetero) is 1. The van der Waals surface area contributed by atoms with Gasteiger partial charge < -0.3 is 5.32 Å². The highest BCUT2D eigenvalue weighted by Crippen LogP contribution is 2.26. The summed E-state index contributed by atoms with van der Waals surface area (Å²) < 4.78 is 25.6.